The Bertz CT molecular complexity index is 168. The molecule has 62 valence electrons. The molecule has 5 heteroatoms. The van der Waals surface area contributed by atoms with Gasteiger partial charge >= 0.3 is 0 Å². The molecule has 3 nitrogen and oxygen atoms in total. The highest BCUT2D eigenvalue weighted by Crippen LogP contribution is 2.41. The Morgan fingerprint density at radius 2 is 1.90 bits per heavy atom. The molecule has 1 aliphatic rings. The maximum atomic E-state index is 10.5. The van der Waals surface area contributed by atoms with E-state index in [1.807, 2.05) is 0 Å². The van der Waals surface area contributed by atoms with Crippen LogP contribution in [0.2, 0.25) is 0 Å². The smallest absolute Gasteiger partial charge is 0.145 e. The molecular formula is C5H12ClNO2S. The van der Waals surface area contributed by atoms with E-state index in [1.165, 1.54) is 0 Å². The highest BCUT2D eigenvalue weighted by molar-refractivity contribution is 7.74. The predicted molar refractivity (Wildman–Crippen MR) is 43.2 cm³/mol. The molecule has 1 fully saturated rings. The monoisotopic (exact) mass is 185 g/mol. The number of rotatable bonds is 3. The number of halogens is 1. The highest BCUT2D eigenvalue weighted by atomic mass is 35.5. The summed E-state index contributed by atoms with van der Waals surface area (Å²) in [6.07, 6.45) is 2.29. The van der Waals surface area contributed by atoms with Gasteiger partial charge in [0.2, 0.25) is 0 Å². The number of thiol groups is 1. The van der Waals surface area contributed by atoms with Crippen LogP contribution in [0, 0.1) is 0 Å². The first-order chi connectivity index (χ1) is 4.21. The first-order valence-electron chi connectivity index (χ1n) is 3.06. The van der Waals surface area contributed by atoms with Crippen LogP contribution in [-0.4, -0.2) is 19.7 Å². The van der Waals surface area contributed by atoms with Gasteiger partial charge in [-0.1, -0.05) is 0 Å². The van der Waals surface area contributed by atoms with E-state index >= 15 is 0 Å². The standard InChI is InChI=1S/C5H11NO2S.ClH/c6-4-3-5(1-2-5)9(7)8;/h9H,1-4,6H2;1H. The van der Waals surface area contributed by atoms with E-state index < -0.39 is 10.7 Å². The molecule has 2 N–H and O–H groups in total. The van der Waals surface area contributed by atoms with Gasteiger partial charge in [-0.05, 0) is 25.8 Å². The fourth-order valence-electron chi connectivity index (χ4n) is 0.937. The molecule has 0 aromatic heterocycles. The van der Waals surface area contributed by atoms with Gasteiger partial charge in [-0.15, -0.1) is 12.4 Å². The zero-order valence-electron chi connectivity index (χ0n) is 5.58. The summed E-state index contributed by atoms with van der Waals surface area (Å²) in [5, 5.41) is 0. The van der Waals surface area contributed by atoms with Crippen LogP contribution < -0.4 is 5.73 Å². The van der Waals surface area contributed by atoms with Crippen molar-refractivity contribution >= 4 is 23.1 Å². The first-order valence-corrected chi connectivity index (χ1v) is 4.24. The van der Waals surface area contributed by atoms with Crippen LogP contribution in [0.25, 0.3) is 0 Å². The lowest BCUT2D eigenvalue weighted by Crippen LogP contribution is -2.16. The lowest BCUT2D eigenvalue weighted by Gasteiger charge is -2.01. The quantitative estimate of drug-likeness (QED) is 0.604. The third-order valence-electron chi connectivity index (χ3n) is 1.82. The van der Waals surface area contributed by atoms with Crippen molar-refractivity contribution in [2.75, 3.05) is 6.54 Å². The molecule has 0 aromatic carbocycles. The van der Waals surface area contributed by atoms with Gasteiger partial charge in [0, 0.05) is 0 Å². The van der Waals surface area contributed by atoms with Crippen molar-refractivity contribution in [3.8, 4) is 0 Å². The minimum absolute atomic E-state index is 0. The van der Waals surface area contributed by atoms with Crippen LogP contribution in [-0.2, 0) is 10.7 Å². The Morgan fingerprint density at radius 3 is 2.00 bits per heavy atom. The summed E-state index contributed by atoms with van der Waals surface area (Å²) >= 11 is 0. The van der Waals surface area contributed by atoms with E-state index in [0.29, 0.717) is 13.0 Å². The molecule has 0 amide bonds. The van der Waals surface area contributed by atoms with Gasteiger partial charge < -0.3 is 5.73 Å². The average molecular weight is 186 g/mol. The molecule has 0 spiro atoms. The lowest BCUT2D eigenvalue weighted by atomic mass is 10.3. The van der Waals surface area contributed by atoms with Crippen molar-refractivity contribution in [2.24, 2.45) is 5.73 Å². The Morgan fingerprint density at radius 1 is 1.40 bits per heavy atom. The van der Waals surface area contributed by atoms with E-state index in [1.54, 1.807) is 0 Å². The fraction of sp³-hybridized carbons (Fsp3) is 1.00. The minimum Gasteiger partial charge on any atom is -0.330 e. The van der Waals surface area contributed by atoms with Gasteiger partial charge in [0.25, 0.3) is 0 Å². The molecular weight excluding hydrogens is 174 g/mol. The van der Waals surface area contributed by atoms with Gasteiger partial charge in [0.05, 0.1) is 4.75 Å². The van der Waals surface area contributed by atoms with Gasteiger partial charge in [0.1, 0.15) is 10.7 Å². The molecule has 0 saturated heterocycles. The summed E-state index contributed by atoms with van der Waals surface area (Å²) in [5.74, 6) is 0. The topological polar surface area (TPSA) is 60.2 Å². The van der Waals surface area contributed by atoms with Crippen molar-refractivity contribution in [1.29, 1.82) is 0 Å². The number of nitrogens with two attached hydrogens (primary N) is 1. The highest BCUT2D eigenvalue weighted by Gasteiger charge is 2.45. The summed E-state index contributed by atoms with van der Waals surface area (Å²) in [4.78, 5) is 0. The van der Waals surface area contributed by atoms with Gasteiger partial charge in [0.15, 0.2) is 0 Å². The zero-order valence-corrected chi connectivity index (χ0v) is 7.29. The maximum Gasteiger partial charge on any atom is 0.145 e. The van der Waals surface area contributed by atoms with Gasteiger partial charge in [-0.2, -0.15) is 0 Å². The van der Waals surface area contributed by atoms with Crippen LogP contribution in [0.1, 0.15) is 19.3 Å². The van der Waals surface area contributed by atoms with Crippen molar-refractivity contribution in [1.82, 2.24) is 0 Å². The second kappa shape index (κ2) is 3.55. The van der Waals surface area contributed by atoms with E-state index in [9.17, 15) is 8.42 Å². The van der Waals surface area contributed by atoms with Crippen molar-refractivity contribution in [3.05, 3.63) is 0 Å². The van der Waals surface area contributed by atoms with E-state index in [0.717, 1.165) is 12.8 Å². The molecule has 0 aromatic rings. The molecule has 10 heavy (non-hydrogen) atoms. The van der Waals surface area contributed by atoms with Gasteiger partial charge in [-0.3, -0.25) is 0 Å². The van der Waals surface area contributed by atoms with Crippen molar-refractivity contribution in [3.63, 3.8) is 0 Å². The van der Waals surface area contributed by atoms with Crippen LogP contribution >= 0.6 is 12.4 Å². The minimum atomic E-state index is -2.22. The lowest BCUT2D eigenvalue weighted by molar-refractivity contribution is 0.589. The SMILES string of the molecule is Cl.NCCC1([SH](=O)=O)CC1. The van der Waals surface area contributed by atoms with Crippen molar-refractivity contribution < 1.29 is 8.42 Å². The fourth-order valence-corrected chi connectivity index (χ4v) is 1.73. The Hall–Kier alpha value is 0.200. The third kappa shape index (κ3) is 1.84. The molecule has 1 saturated carbocycles. The average Bonchev–Trinajstić information content (AvgIpc) is 2.49. The van der Waals surface area contributed by atoms with Crippen LogP contribution in [0.5, 0.6) is 0 Å². The predicted octanol–water partition coefficient (Wildman–Crippen LogP) is -0.0990. The molecule has 0 unspecified atom stereocenters. The summed E-state index contributed by atoms with van der Waals surface area (Å²) in [6.45, 7) is 0.489. The molecule has 0 bridgehead atoms. The summed E-state index contributed by atoms with van der Waals surface area (Å²) in [5.41, 5.74) is 5.23. The summed E-state index contributed by atoms with van der Waals surface area (Å²) in [6, 6.07) is 0. The molecule has 0 heterocycles. The van der Waals surface area contributed by atoms with Crippen LogP contribution in [0.4, 0.5) is 0 Å². The molecule has 1 rings (SSSR count). The summed E-state index contributed by atoms with van der Waals surface area (Å²) < 4.78 is 20.5. The molecule has 0 radical (unpaired) electrons. The van der Waals surface area contributed by atoms with E-state index in [4.69, 9.17) is 5.73 Å². The number of hydrogen-bond acceptors (Lipinski definition) is 3. The van der Waals surface area contributed by atoms with Crippen molar-refractivity contribution in [2.45, 2.75) is 24.0 Å². The largest absolute Gasteiger partial charge is 0.330 e. The number of hydrogen-bond donors (Lipinski definition) is 2. The van der Waals surface area contributed by atoms with Crippen LogP contribution in [0.3, 0.4) is 0 Å². The van der Waals surface area contributed by atoms with Gasteiger partial charge in [-0.25, -0.2) is 8.42 Å². The van der Waals surface area contributed by atoms with E-state index in [2.05, 4.69) is 0 Å². The van der Waals surface area contributed by atoms with E-state index in [-0.39, 0.29) is 17.2 Å². The first kappa shape index (κ1) is 10.2. The second-order valence-corrected chi connectivity index (χ2v) is 3.98. The third-order valence-corrected chi connectivity index (χ3v) is 3.27. The molecule has 0 atom stereocenters. The maximum absolute atomic E-state index is 10.5. The zero-order chi connectivity index (χ0) is 6.91. The Balaban J connectivity index is 0.000000810. The molecule has 1 aliphatic carbocycles. The Labute approximate surface area is 68.3 Å². The normalized spacial score (nSPS) is 20.2. The van der Waals surface area contributed by atoms with Crippen LogP contribution in [0.15, 0.2) is 0 Å². The molecule has 0 aliphatic heterocycles. The summed E-state index contributed by atoms with van der Waals surface area (Å²) in [7, 11) is -2.22. The Kier molecular flexibility index (Phi) is 3.62. The second-order valence-electron chi connectivity index (χ2n) is 2.52.